The number of rotatable bonds is 5. The van der Waals surface area contributed by atoms with Gasteiger partial charge in [-0.05, 0) is 31.5 Å². The van der Waals surface area contributed by atoms with Crippen molar-refractivity contribution < 1.29 is 19.1 Å². The molecular formula is C13H17NO4. The van der Waals surface area contributed by atoms with Crippen LogP contribution in [0, 0.1) is 0 Å². The lowest BCUT2D eigenvalue weighted by Gasteiger charge is -2.15. The summed E-state index contributed by atoms with van der Waals surface area (Å²) in [6.07, 6.45) is -0.918. The Kier molecular flexibility index (Phi) is 4.71. The SMILES string of the molecule is COc1ccc(C(C)C(=O)OC(C)C(N)=O)cc1. The maximum atomic E-state index is 11.8. The van der Waals surface area contributed by atoms with Gasteiger partial charge < -0.3 is 15.2 Å². The van der Waals surface area contributed by atoms with Crippen LogP contribution in [0.2, 0.25) is 0 Å². The van der Waals surface area contributed by atoms with E-state index in [4.69, 9.17) is 15.2 Å². The molecule has 18 heavy (non-hydrogen) atoms. The Morgan fingerprint density at radius 2 is 1.72 bits per heavy atom. The van der Waals surface area contributed by atoms with Gasteiger partial charge >= 0.3 is 5.97 Å². The quantitative estimate of drug-likeness (QED) is 0.798. The average Bonchev–Trinajstić information content (AvgIpc) is 2.37. The summed E-state index contributed by atoms with van der Waals surface area (Å²) >= 11 is 0. The highest BCUT2D eigenvalue weighted by molar-refractivity contribution is 5.84. The summed E-state index contributed by atoms with van der Waals surface area (Å²) in [6.45, 7) is 3.15. The first-order valence-electron chi connectivity index (χ1n) is 5.59. The number of amides is 1. The number of esters is 1. The molecule has 2 atom stereocenters. The van der Waals surface area contributed by atoms with E-state index in [1.54, 1.807) is 38.3 Å². The van der Waals surface area contributed by atoms with Crippen LogP contribution in [-0.4, -0.2) is 25.1 Å². The van der Waals surface area contributed by atoms with Gasteiger partial charge in [0.1, 0.15) is 5.75 Å². The van der Waals surface area contributed by atoms with Crippen molar-refractivity contribution in [3.8, 4) is 5.75 Å². The van der Waals surface area contributed by atoms with Gasteiger partial charge in [-0.1, -0.05) is 12.1 Å². The first-order chi connectivity index (χ1) is 8.45. The van der Waals surface area contributed by atoms with Gasteiger partial charge in [-0.3, -0.25) is 9.59 Å². The Labute approximate surface area is 106 Å². The second-order valence-electron chi connectivity index (χ2n) is 3.98. The number of benzene rings is 1. The number of carbonyl (C=O) groups is 2. The van der Waals surface area contributed by atoms with E-state index in [2.05, 4.69) is 0 Å². The minimum absolute atomic E-state index is 0.460. The van der Waals surface area contributed by atoms with Crippen LogP contribution in [0.3, 0.4) is 0 Å². The van der Waals surface area contributed by atoms with Gasteiger partial charge in [-0.2, -0.15) is 0 Å². The number of hydrogen-bond donors (Lipinski definition) is 1. The van der Waals surface area contributed by atoms with Gasteiger partial charge in [-0.15, -0.1) is 0 Å². The van der Waals surface area contributed by atoms with E-state index in [0.717, 1.165) is 5.56 Å². The lowest BCUT2D eigenvalue weighted by atomic mass is 10.0. The van der Waals surface area contributed by atoms with Gasteiger partial charge in [-0.25, -0.2) is 0 Å². The molecule has 5 heteroatoms. The maximum absolute atomic E-state index is 11.8. The van der Waals surface area contributed by atoms with Gasteiger partial charge in [0, 0.05) is 0 Å². The van der Waals surface area contributed by atoms with Crippen LogP contribution in [0.4, 0.5) is 0 Å². The Bertz CT molecular complexity index is 427. The third-order valence-electron chi connectivity index (χ3n) is 2.66. The van der Waals surface area contributed by atoms with Crippen LogP contribution in [-0.2, 0) is 14.3 Å². The van der Waals surface area contributed by atoms with E-state index in [0.29, 0.717) is 5.75 Å². The Morgan fingerprint density at radius 1 is 1.17 bits per heavy atom. The zero-order valence-corrected chi connectivity index (χ0v) is 10.7. The lowest BCUT2D eigenvalue weighted by Crippen LogP contribution is -2.31. The first kappa shape index (κ1) is 14.0. The summed E-state index contributed by atoms with van der Waals surface area (Å²) in [6, 6.07) is 7.08. The van der Waals surface area contributed by atoms with Crippen molar-refractivity contribution in [2.45, 2.75) is 25.9 Å². The van der Waals surface area contributed by atoms with Gasteiger partial charge in [0.25, 0.3) is 5.91 Å². The summed E-state index contributed by atoms with van der Waals surface area (Å²) in [4.78, 5) is 22.6. The molecule has 0 spiro atoms. The number of carbonyl (C=O) groups excluding carboxylic acids is 2. The Morgan fingerprint density at radius 3 is 2.17 bits per heavy atom. The molecule has 0 aromatic heterocycles. The molecule has 1 aromatic rings. The Hall–Kier alpha value is -2.04. The molecule has 1 rings (SSSR count). The minimum atomic E-state index is -0.918. The van der Waals surface area contributed by atoms with E-state index in [-0.39, 0.29) is 0 Å². The first-order valence-corrected chi connectivity index (χ1v) is 5.59. The summed E-state index contributed by atoms with van der Waals surface area (Å²) in [5.41, 5.74) is 5.82. The van der Waals surface area contributed by atoms with Crippen molar-refractivity contribution in [3.05, 3.63) is 29.8 Å². The molecule has 0 saturated heterocycles. The van der Waals surface area contributed by atoms with Crippen LogP contribution >= 0.6 is 0 Å². The molecule has 1 aromatic carbocycles. The van der Waals surface area contributed by atoms with E-state index in [1.807, 2.05) is 0 Å². The molecule has 0 aliphatic rings. The smallest absolute Gasteiger partial charge is 0.313 e. The van der Waals surface area contributed by atoms with E-state index < -0.39 is 23.9 Å². The standard InChI is InChI=1S/C13H17NO4/c1-8(13(16)18-9(2)12(14)15)10-4-6-11(17-3)7-5-10/h4-9H,1-3H3,(H2,14,15). The third kappa shape index (κ3) is 3.48. The normalized spacial score (nSPS) is 13.5. The molecular weight excluding hydrogens is 234 g/mol. The molecule has 0 heterocycles. The van der Waals surface area contributed by atoms with E-state index >= 15 is 0 Å². The molecule has 2 N–H and O–H groups in total. The fourth-order valence-electron chi connectivity index (χ4n) is 1.36. The van der Waals surface area contributed by atoms with Crippen molar-refractivity contribution in [2.75, 3.05) is 7.11 Å². The molecule has 0 aliphatic carbocycles. The summed E-state index contributed by atoms with van der Waals surface area (Å²) in [5.74, 6) is -0.890. The van der Waals surface area contributed by atoms with Crippen LogP contribution < -0.4 is 10.5 Å². The predicted octanol–water partition coefficient (Wildman–Crippen LogP) is 1.22. The lowest BCUT2D eigenvalue weighted by molar-refractivity contribution is -0.154. The topological polar surface area (TPSA) is 78.6 Å². The van der Waals surface area contributed by atoms with E-state index in [1.165, 1.54) is 6.92 Å². The molecule has 0 aliphatic heterocycles. The van der Waals surface area contributed by atoms with Crippen LogP contribution in [0.25, 0.3) is 0 Å². The maximum Gasteiger partial charge on any atom is 0.313 e. The monoisotopic (exact) mass is 251 g/mol. The third-order valence-corrected chi connectivity index (χ3v) is 2.66. The summed E-state index contributed by atoms with van der Waals surface area (Å²) in [5, 5.41) is 0. The number of primary amides is 1. The predicted molar refractivity (Wildman–Crippen MR) is 66.2 cm³/mol. The Balaban J connectivity index is 2.70. The van der Waals surface area contributed by atoms with Crippen LogP contribution in [0.1, 0.15) is 25.3 Å². The van der Waals surface area contributed by atoms with Crippen molar-refractivity contribution in [1.29, 1.82) is 0 Å². The van der Waals surface area contributed by atoms with Gasteiger partial charge in [0.05, 0.1) is 13.0 Å². The van der Waals surface area contributed by atoms with Crippen LogP contribution in [0.15, 0.2) is 24.3 Å². The highest BCUT2D eigenvalue weighted by atomic mass is 16.5. The fraction of sp³-hybridized carbons (Fsp3) is 0.385. The highest BCUT2D eigenvalue weighted by Gasteiger charge is 2.21. The van der Waals surface area contributed by atoms with Gasteiger partial charge in [0.15, 0.2) is 6.10 Å². The number of methoxy groups -OCH3 is 1. The second-order valence-corrected chi connectivity index (χ2v) is 3.98. The van der Waals surface area contributed by atoms with Crippen molar-refractivity contribution in [1.82, 2.24) is 0 Å². The highest BCUT2D eigenvalue weighted by Crippen LogP contribution is 2.20. The summed E-state index contributed by atoms with van der Waals surface area (Å²) < 4.78 is 9.97. The zero-order valence-electron chi connectivity index (χ0n) is 10.7. The summed E-state index contributed by atoms with van der Waals surface area (Å²) in [7, 11) is 1.57. The van der Waals surface area contributed by atoms with Crippen LogP contribution in [0.5, 0.6) is 5.75 Å². The molecule has 1 amide bonds. The average molecular weight is 251 g/mol. The fourth-order valence-corrected chi connectivity index (χ4v) is 1.36. The largest absolute Gasteiger partial charge is 0.497 e. The second kappa shape index (κ2) is 6.05. The molecule has 0 fully saturated rings. The van der Waals surface area contributed by atoms with Crippen molar-refractivity contribution >= 4 is 11.9 Å². The number of hydrogen-bond acceptors (Lipinski definition) is 4. The molecule has 0 radical (unpaired) electrons. The molecule has 5 nitrogen and oxygen atoms in total. The minimum Gasteiger partial charge on any atom is -0.497 e. The molecule has 0 bridgehead atoms. The number of ether oxygens (including phenoxy) is 2. The number of nitrogens with two attached hydrogens (primary N) is 1. The van der Waals surface area contributed by atoms with Gasteiger partial charge in [0.2, 0.25) is 0 Å². The van der Waals surface area contributed by atoms with E-state index in [9.17, 15) is 9.59 Å². The van der Waals surface area contributed by atoms with Crippen molar-refractivity contribution in [3.63, 3.8) is 0 Å². The molecule has 98 valence electrons. The van der Waals surface area contributed by atoms with Crippen molar-refractivity contribution in [2.24, 2.45) is 5.73 Å². The molecule has 0 saturated carbocycles. The zero-order chi connectivity index (χ0) is 13.7. The molecule has 2 unspecified atom stereocenters.